The first-order valence-electron chi connectivity index (χ1n) is 12.1. The number of pyridine rings is 1. The number of aromatic nitrogens is 1. The second-order valence-corrected chi connectivity index (χ2v) is 9.58. The molecule has 1 amide bonds. The Labute approximate surface area is 195 Å². The van der Waals surface area contributed by atoms with E-state index in [4.69, 9.17) is 0 Å². The second-order valence-electron chi connectivity index (χ2n) is 9.58. The zero-order chi connectivity index (χ0) is 22.7. The molecule has 0 atom stereocenters. The van der Waals surface area contributed by atoms with Crippen LogP contribution in [0.15, 0.2) is 54.7 Å². The summed E-state index contributed by atoms with van der Waals surface area (Å²) in [5.74, 6) is 0.0188. The molecule has 0 radical (unpaired) electrons. The van der Waals surface area contributed by atoms with Crippen molar-refractivity contribution in [2.75, 3.05) is 13.1 Å². The third kappa shape index (κ3) is 4.77. The molecule has 0 unspecified atom stereocenters. The van der Waals surface area contributed by atoms with Gasteiger partial charge in [-0.15, -0.1) is 0 Å². The standard InChI is InChI=1S/C28H30N4O/c29-19-21-6-7-22-10-15-32(20-25(22)17-21)16-13-28(11-2-1-3-12-28)31-27(33)24-8-9-26-23(18-24)5-4-14-30-26/h4-9,14,17-18H,1-3,10-13,15-16,20H2,(H,31,33). The molecule has 1 aliphatic heterocycles. The molecular weight excluding hydrogens is 408 g/mol. The number of nitrogens with zero attached hydrogens (tertiary/aromatic N) is 3. The van der Waals surface area contributed by atoms with E-state index in [0.29, 0.717) is 5.56 Å². The van der Waals surface area contributed by atoms with Crippen LogP contribution in [0.1, 0.15) is 65.6 Å². The predicted molar refractivity (Wildman–Crippen MR) is 130 cm³/mol. The highest BCUT2D eigenvalue weighted by atomic mass is 16.1. The van der Waals surface area contributed by atoms with Crippen LogP contribution in [0.5, 0.6) is 0 Å². The SMILES string of the molecule is N#Cc1ccc2c(c1)CN(CCC1(NC(=O)c3ccc4ncccc4c3)CCCCC1)CC2. The summed E-state index contributed by atoms with van der Waals surface area (Å²) in [6, 6.07) is 18.0. The molecule has 5 rings (SSSR count). The van der Waals surface area contributed by atoms with Crippen molar-refractivity contribution in [3.8, 4) is 6.07 Å². The number of carbonyl (C=O) groups is 1. The summed E-state index contributed by atoms with van der Waals surface area (Å²) in [7, 11) is 0. The van der Waals surface area contributed by atoms with Crippen molar-refractivity contribution in [3.05, 3.63) is 77.0 Å². The number of hydrogen-bond donors (Lipinski definition) is 1. The monoisotopic (exact) mass is 438 g/mol. The fraction of sp³-hybridized carbons (Fsp3) is 0.393. The fourth-order valence-corrected chi connectivity index (χ4v) is 5.44. The quantitative estimate of drug-likeness (QED) is 0.609. The van der Waals surface area contributed by atoms with Crippen LogP contribution < -0.4 is 5.32 Å². The number of carbonyl (C=O) groups excluding carboxylic acids is 1. The molecule has 1 N–H and O–H groups in total. The largest absolute Gasteiger partial charge is 0.347 e. The van der Waals surface area contributed by atoms with Crippen LogP contribution in [0.2, 0.25) is 0 Å². The van der Waals surface area contributed by atoms with Gasteiger partial charge in [0, 0.05) is 42.3 Å². The summed E-state index contributed by atoms with van der Waals surface area (Å²) in [5, 5.41) is 13.7. The van der Waals surface area contributed by atoms with Crippen molar-refractivity contribution in [3.63, 3.8) is 0 Å². The molecule has 33 heavy (non-hydrogen) atoms. The lowest BCUT2D eigenvalue weighted by Gasteiger charge is -2.40. The Morgan fingerprint density at radius 1 is 1.09 bits per heavy atom. The molecule has 0 bridgehead atoms. The van der Waals surface area contributed by atoms with E-state index in [1.165, 1.54) is 17.5 Å². The number of hydrogen-bond acceptors (Lipinski definition) is 4. The molecule has 168 valence electrons. The van der Waals surface area contributed by atoms with E-state index in [9.17, 15) is 10.1 Å². The van der Waals surface area contributed by atoms with Gasteiger partial charge in [-0.3, -0.25) is 14.7 Å². The number of amides is 1. The molecule has 5 nitrogen and oxygen atoms in total. The van der Waals surface area contributed by atoms with Crippen LogP contribution in [0.3, 0.4) is 0 Å². The molecule has 1 saturated carbocycles. The van der Waals surface area contributed by atoms with Gasteiger partial charge >= 0.3 is 0 Å². The zero-order valence-electron chi connectivity index (χ0n) is 19.0. The molecule has 2 heterocycles. The van der Waals surface area contributed by atoms with Gasteiger partial charge in [0.25, 0.3) is 5.91 Å². The van der Waals surface area contributed by atoms with Crippen molar-refractivity contribution >= 4 is 16.8 Å². The molecular formula is C28H30N4O. The van der Waals surface area contributed by atoms with Crippen molar-refractivity contribution in [2.24, 2.45) is 0 Å². The van der Waals surface area contributed by atoms with Gasteiger partial charge in [0.15, 0.2) is 0 Å². The number of nitriles is 1. The predicted octanol–water partition coefficient (Wildman–Crippen LogP) is 4.99. The number of benzene rings is 2. The Kier molecular flexibility index (Phi) is 6.11. The third-order valence-corrected chi connectivity index (χ3v) is 7.39. The number of rotatable bonds is 5. The summed E-state index contributed by atoms with van der Waals surface area (Å²) >= 11 is 0. The molecule has 2 aromatic carbocycles. The maximum atomic E-state index is 13.3. The Bertz CT molecular complexity index is 1210. The molecule has 3 aromatic rings. The van der Waals surface area contributed by atoms with Crippen molar-refractivity contribution in [2.45, 2.75) is 57.0 Å². The summed E-state index contributed by atoms with van der Waals surface area (Å²) in [6.07, 6.45) is 9.40. The molecule has 1 fully saturated rings. The van der Waals surface area contributed by atoms with E-state index in [2.05, 4.69) is 27.3 Å². The Hall–Kier alpha value is -3.23. The van der Waals surface area contributed by atoms with E-state index in [0.717, 1.165) is 74.6 Å². The van der Waals surface area contributed by atoms with Gasteiger partial charge in [-0.2, -0.15) is 5.26 Å². The first-order chi connectivity index (χ1) is 16.1. The van der Waals surface area contributed by atoms with Crippen LogP contribution in [-0.4, -0.2) is 34.4 Å². The number of fused-ring (bicyclic) bond motifs is 2. The summed E-state index contributed by atoms with van der Waals surface area (Å²) in [4.78, 5) is 20.1. The minimum atomic E-state index is -0.145. The van der Waals surface area contributed by atoms with Gasteiger partial charge < -0.3 is 5.32 Å². The van der Waals surface area contributed by atoms with Crippen LogP contribution in [0, 0.1) is 11.3 Å². The van der Waals surface area contributed by atoms with Gasteiger partial charge in [-0.25, -0.2) is 0 Å². The highest BCUT2D eigenvalue weighted by Crippen LogP contribution is 2.32. The first kappa shape index (κ1) is 21.6. The highest BCUT2D eigenvalue weighted by Gasteiger charge is 2.34. The zero-order valence-corrected chi connectivity index (χ0v) is 19.0. The number of nitrogens with one attached hydrogen (secondary N) is 1. The summed E-state index contributed by atoms with van der Waals surface area (Å²) in [5.41, 5.74) is 4.83. The highest BCUT2D eigenvalue weighted by molar-refractivity contribution is 5.98. The Morgan fingerprint density at radius 3 is 2.82 bits per heavy atom. The lowest BCUT2D eigenvalue weighted by atomic mass is 9.78. The van der Waals surface area contributed by atoms with Gasteiger partial charge in [-0.05, 0) is 73.2 Å². The molecule has 0 saturated heterocycles. The first-order valence-corrected chi connectivity index (χ1v) is 12.1. The lowest BCUT2D eigenvalue weighted by molar-refractivity contribution is 0.0840. The van der Waals surface area contributed by atoms with E-state index < -0.39 is 0 Å². The molecule has 0 spiro atoms. The molecule has 1 aliphatic carbocycles. The maximum Gasteiger partial charge on any atom is 0.251 e. The molecule has 5 heteroatoms. The van der Waals surface area contributed by atoms with E-state index in [-0.39, 0.29) is 11.4 Å². The minimum absolute atomic E-state index is 0.0188. The van der Waals surface area contributed by atoms with Crippen LogP contribution in [-0.2, 0) is 13.0 Å². The summed E-state index contributed by atoms with van der Waals surface area (Å²) in [6.45, 7) is 2.87. The smallest absolute Gasteiger partial charge is 0.251 e. The van der Waals surface area contributed by atoms with Crippen LogP contribution in [0.4, 0.5) is 0 Å². The van der Waals surface area contributed by atoms with Crippen molar-refractivity contribution in [1.82, 2.24) is 15.2 Å². The van der Waals surface area contributed by atoms with E-state index >= 15 is 0 Å². The maximum absolute atomic E-state index is 13.3. The average molecular weight is 439 g/mol. The summed E-state index contributed by atoms with van der Waals surface area (Å²) < 4.78 is 0. The van der Waals surface area contributed by atoms with E-state index in [1.54, 1.807) is 6.20 Å². The van der Waals surface area contributed by atoms with Gasteiger partial charge in [-0.1, -0.05) is 31.4 Å². The average Bonchev–Trinajstić information content (AvgIpc) is 2.87. The van der Waals surface area contributed by atoms with Crippen molar-refractivity contribution < 1.29 is 4.79 Å². The van der Waals surface area contributed by atoms with Gasteiger partial charge in [0.05, 0.1) is 17.1 Å². The second kappa shape index (κ2) is 9.33. The third-order valence-electron chi connectivity index (χ3n) is 7.39. The van der Waals surface area contributed by atoms with E-state index in [1.807, 2.05) is 42.5 Å². The Balaban J connectivity index is 1.28. The van der Waals surface area contributed by atoms with Crippen LogP contribution >= 0.6 is 0 Å². The van der Waals surface area contributed by atoms with Gasteiger partial charge in [0.1, 0.15) is 0 Å². The van der Waals surface area contributed by atoms with Crippen LogP contribution in [0.25, 0.3) is 10.9 Å². The topological polar surface area (TPSA) is 69.0 Å². The van der Waals surface area contributed by atoms with Crippen molar-refractivity contribution in [1.29, 1.82) is 5.26 Å². The molecule has 2 aliphatic rings. The fourth-order valence-electron chi connectivity index (χ4n) is 5.44. The normalized spacial score (nSPS) is 17.8. The Morgan fingerprint density at radius 2 is 1.97 bits per heavy atom. The van der Waals surface area contributed by atoms with Gasteiger partial charge in [0.2, 0.25) is 0 Å². The lowest BCUT2D eigenvalue weighted by Crippen LogP contribution is -2.51. The minimum Gasteiger partial charge on any atom is -0.347 e. The molecule has 1 aromatic heterocycles.